The van der Waals surface area contributed by atoms with Crippen LogP contribution in [0.3, 0.4) is 0 Å². The molecule has 4 nitrogen and oxygen atoms in total. The van der Waals surface area contributed by atoms with Gasteiger partial charge in [0.25, 0.3) is 0 Å². The Hall–Kier alpha value is -2.40. The van der Waals surface area contributed by atoms with Gasteiger partial charge in [0.15, 0.2) is 0 Å². The number of rotatable bonds is 6. The molecule has 1 aliphatic rings. The first-order valence-corrected chi connectivity index (χ1v) is 9.68. The predicted octanol–water partition coefficient (Wildman–Crippen LogP) is 4.10. The van der Waals surface area contributed by atoms with E-state index in [1.165, 1.54) is 17.7 Å². The SMILES string of the molecule is CCC(C)c1ccc(NC(=O)CN2CCN(c3ccc(F)cc3)CC2)cc1. The van der Waals surface area contributed by atoms with Crippen LogP contribution in [0.4, 0.5) is 15.8 Å². The first-order valence-electron chi connectivity index (χ1n) is 9.68. The second kappa shape index (κ2) is 9.00. The molecule has 0 radical (unpaired) electrons. The van der Waals surface area contributed by atoms with Crippen LogP contribution >= 0.6 is 0 Å². The van der Waals surface area contributed by atoms with E-state index in [-0.39, 0.29) is 11.7 Å². The maximum atomic E-state index is 13.0. The number of nitrogens with one attached hydrogen (secondary N) is 1. The third-order valence-electron chi connectivity index (χ3n) is 5.31. The lowest BCUT2D eigenvalue weighted by Gasteiger charge is -2.35. The molecule has 3 rings (SSSR count). The van der Waals surface area contributed by atoms with Gasteiger partial charge in [-0.3, -0.25) is 9.69 Å². The molecule has 1 heterocycles. The fourth-order valence-electron chi connectivity index (χ4n) is 3.35. The zero-order valence-electron chi connectivity index (χ0n) is 16.1. The summed E-state index contributed by atoms with van der Waals surface area (Å²) in [6.07, 6.45) is 1.11. The summed E-state index contributed by atoms with van der Waals surface area (Å²) in [4.78, 5) is 16.7. The van der Waals surface area contributed by atoms with E-state index in [0.29, 0.717) is 12.5 Å². The quantitative estimate of drug-likeness (QED) is 0.833. The van der Waals surface area contributed by atoms with E-state index in [1.807, 2.05) is 12.1 Å². The Kier molecular flexibility index (Phi) is 6.45. The zero-order valence-corrected chi connectivity index (χ0v) is 16.1. The van der Waals surface area contributed by atoms with E-state index in [4.69, 9.17) is 0 Å². The van der Waals surface area contributed by atoms with Crippen molar-refractivity contribution in [2.75, 3.05) is 42.9 Å². The number of carbonyl (C=O) groups is 1. The molecule has 2 aromatic carbocycles. The number of hydrogen-bond donors (Lipinski definition) is 1. The lowest BCUT2D eigenvalue weighted by atomic mass is 9.99. The molecule has 0 spiro atoms. The van der Waals surface area contributed by atoms with Crippen molar-refractivity contribution in [2.45, 2.75) is 26.2 Å². The smallest absolute Gasteiger partial charge is 0.238 e. The minimum absolute atomic E-state index is 0.0153. The molecular formula is C22H28FN3O. The lowest BCUT2D eigenvalue weighted by molar-refractivity contribution is -0.117. The Bertz CT molecular complexity index is 737. The number of anilines is 2. The van der Waals surface area contributed by atoms with E-state index >= 15 is 0 Å². The summed E-state index contributed by atoms with van der Waals surface area (Å²) in [6, 6.07) is 14.7. The second-order valence-corrected chi connectivity index (χ2v) is 7.22. The number of hydrogen-bond acceptors (Lipinski definition) is 3. The maximum absolute atomic E-state index is 13.0. The highest BCUT2D eigenvalue weighted by Gasteiger charge is 2.19. The summed E-state index contributed by atoms with van der Waals surface area (Å²) in [5.74, 6) is 0.333. The molecule has 5 heteroatoms. The van der Waals surface area contributed by atoms with Gasteiger partial charge in [0.2, 0.25) is 5.91 Å². The van der Waals surface area contributed by atoms with Crippen LogP contribution in [0, 0.1) is 5.82 Å². The standard InChI is InChI=1S/C22H28FN3O/c1-3-17(2)18-4-8-20(9-5-18)24-22(27)16-25-12-14-26(15-13-25)21-10-6-19(23)7-11-21/h4-11,17H,3,12-16H2,1-2H3,(H,24,27). The monoisotopic (exact) mass is 369 g/mol. The molecule has 1 atom stereocenters. The van der Waals surface area contributed by atoms with Crippen LogP contribution < -0.4 is 10.2 Å². The number of nitrogens with zero attached hydrogens (tertiary/aromatic N) is 2. The molecule has 0 aliphatic carbocycles. The second-order valence-electron chi connectivity index (χ2n) is 7.22. The van der Waals surface area contributed by atoms with Crippen LogP contribution in [0.1, 0.15) is 31.7 Å². The van der Waals surface area contributed by atoms with Crippen LogP contribution in [0.2, 0.25) is 0 Å². The highest BCUT2D eigenvalue weighted by Crippen LogP contribution is 2.21. The summed E-state index contributed by atoms with van der Waals surface area (Å²) in [5.41, 5.74) is 3.17. The Balaban J connectivity index is 1.46. The Morgan fingerprint density at radius 2 is 1.67 bits per heavy atom. The van der Waals surface area contributed by atoms with Gasteiger partial charge in [-0.05, 0) is 54.3 Å². The molecule has 0 bridgehead atoms. The summed E-state index contributed by atoms with van der Waals surface area (Å²) >= 11 is 0. The van der Waals surface area contributed by atoms with E-state index < -0.39 is 0 Å². The molecule has 1 unspecified atom stereocenters. The number of halogens is 1. The maximum Gasteiger partial charge on any atom is 0.238 e. The highest BCUT2D eigenvalue weighted by atomic mass is 19.1. The van der Waals surface area contributed by atoms with E-state index in [0.717, 1.165) is 44.0 Å². The molecule has 1 fully saturated rings. The molecule has 0 saturated carbocycles. The predicted molar refractivity (Wildman–Crippen MR) is 109 cm³/mol. The van der Waals surface area contributed by atoms with Crippen molar-refractivity contribution in [1.29, 1.82) is 0 Å². The number of piperazine rings is 1. The summed E-state index contributed by atoms with van der Waals surface area (Å²) in [6.45, 7) is 8.08. The molecule has 2 aromatic rings. The third-order valence-corrected chi connectivity index (χ3v) is 5.31. The Morgan fingerprint density at radius 3 is 2.26 bits per heavy atom. The van der Waals surface area contributed by atoms with Gasteiger partial charge in [-0.2, -0.15) is 0 Å². The van der Waals surface area contributed by atoms with Crippen molar-refractivity contribution >= 4 is 17.3 Å². The van der Waals surface area contributed by atoms with Crippen molar-refractivity contribution in [3.8, 4) is 0 Å². The third kappa shape index (κ3) is 5.30. The van der Waals surface area contributed by atoms with Gasteiger partial charge in [-0.15, -0.1) is 0 Å². The van der Waals surface area contributed by atoms with E-state index in [1.54, 1.807) is 12.1 Å². The van der Waals surface area contributed by atoms with Crippen LogP contribution in [0.15, 0.2) is 48.5 Å². The minimum Gasteiger partial charge on any atom is -0.369 e. The van der Waals surface area contributed by atoms with Gasteiger partial charge in [0, 0.05) is 37.6 Å². The van der Waals surface area contributed by atoms with E-state index in [9.17, 15) is 9.18 Å². The van der Waals surface area contributed by atoms with Crippen molar-refractivity contribution in [3.05, 3.63) is 59.9 Å². The van der Waals surface area contributed by atoms with Crippen LogP contribution in [-0.4, -0.2) is 43.5 Å². The number of amides is 1. The molecular weight excluding hydrogens is 341 g/mol. The molecule has 1 amide bonds. The molecule has 144 valence electrons. The van der Waals surface area contributed by atoms with Gasteiger partial charge in [0.1, 0.15) is 5.82 Å². The van der Waals surface area contributed by atoms with Gasteiger partial charge < -0.3 is 10.2 Å². The van der Waals surface area contributed by atoms with Crippen molar-refractivity contribution in [2.24, 2.45) is 0 Å². The number of benzene rings is 2. The van der Waals surface area contributed by atoms with E-state index in [2.05, 4.69) is 41.1 Å². The fourth-order valence-corrected chi connectivity index (χ4v) is 3.35. The average Bonchev–Trinajstić information content (AvgIpc) is 2.69. The summed E-state index contributed by atoms with van der Waals surface area (Å²) in [7, 11) is 0. The van der Waals surface area contributed by atoms with Crippen molar-refractivity contribution in [1.82, 2.24) is 4.90 Å². The van der Waals surface area contributed by atoms with Gasteiger partial charge in [-0.25, -0.2) is 4.39 Å². The van der Waals surface area contributed by atoms with Crippen LogP contribution in [0.5, 0.6) is 0 Å². The van der Waals surface area contributed by atoms with Crippen LogP contribution in [-0.2, 0) is 4.79 Å². The number of carbonyl (C=O) groups excluding carboxylic acids is 1. The Labute approximate surface area is 161 Å². The largest absolute Gasteiger partial charge is 0.369 e. The topological polar surface area (TPSA) is 35.6 Å². The lowest BCUT2D eigenvalue weighted by Crippen LogP contribution is -2.48. The minimum atomic E-state index is -0.216. The zero-order chi connectivity index (χ0) is 19.2. The summed E-state index contributed by atoms with van der Waals surface area (Å²) in [5, 5.41) is 2.99. The molecule has 1 saturated heterocycles. The molecule has 1 aliphatic heterocycles. The average molecular weight is 369 g/mol. The van der Waals surface area contributed by atoms with Crippen LogP contribution in [0.25, 0.3) is 0 Å². The molecule has 1 N–H and O–H groups in total. The first kappa shape index (κ1) is 19.4. The van der Waals surface area contributed by atoms with Gasteiger partial charge >= 0.3 is 0 Å². The van der Waals surface area contributed by atoms with Gasteiger partial charge in [-0.1, -0.05) is 26.0 Å². The highest BCUT2D eigenvalue weighted by molar-refractivity contribution is 5.92. The molecule has 0 aromatic heterocycles. The van der Waals surface area contributed by atoms with Gasteiger partial charge in [0.05, 0.1) is 6.54 Å². The molecule has 27 heavy (non-hydrogen) atoms. The summed E-state index contributed by atoms with van der Waals surface area (Å²) < 4.78 is 13.0. The Morgan fingerprint density at radius 1 is 1.04 bits per heavy atom. The van der Waals surface area contributed by atoms with Crippen molar-refractivity contribution < 1.29 is 9.18 Å². The first-order chi connectivity index (χ1) is 13.0. The normalized spacial score (nSPS) is 16.2. The fraction of sp³-hybridized carbons (Fsp3) is 0.409. The van der Waals surface area contributed by atoms with Crippen molar-refractivity contribution in [3.63, 3.8) is 0 Å².